The number of anilines is 1. The van der Waals surface area contributed by atoms with E-state index >= 15 is 0 Å². The van der Waals surface area contributed by atoms with E-state index in [-0.39, 0.29) is 17.4 Å². The molecule has 0 heterocycles. The molecule has 0 bridgehead atoms. The fraction of sp³-hybridized carbons (Fsp3) is 0.586. The van der Waals surface area contributed by atoms with Crippen LogP contribution in [0.1, 0.15) is 69.4 Å². The third-order valence-electron chi connectivity index (χ3n) is 9.05. The van der Waals surface area contributed by atoms with Crippen molar-refractivity contribution in [2.75, 3.05) is 19.8 Å². The highest BCUT2D eigenvalue weighted by Gasteiger charge is 2.64. The molecule has 6 heteroatoms. The van der Waals surface area contributed by atoms with Gasteiger partial charge in [0.2, 0.25) is 0 Å². The SMILES string of the molecule is CC12CCC3(Cl)C=C4CC(O)CCC4CC[C@]3(O)C1CC=C2c1ccc(/C=C\N)c(N)c1.CNC. The summed E-state index contributed by atoms with van der Waals surface area (Å²) in [6.07, 6.45) is 14.1. The van der Waals surface area contributed by atoms with Gasteiger partial charge in [0.25, 0.3) is 0 Å². The summed E-state index contributed by atoms with van der Waals surface area (Å²) in [5.74, 6) is 0.495. The standard InChI is InChI=1S/C27H35ClN2O2.C2H7N/c1-25-11-12-26(28)16-20-14-21(31)5-4-17(20)8-10-27(26,32)24(25)7-6-22(25)19-3-2-18(9-13-29)23(30)15-19;1-3-2/h2-3,6,9,13,15-17,21,24,31-32H,4-5,7-8,10-12,14,29-30H2,1H3;3H,1-2H3/b13-9-;/t17?,21?,24?,25?,26?,27-;/m0./s1. The molecule has 0 radical (unpaired) electrons. The second kappa shape index (κ2) is 9.93. The molecule has 0 aliphatic heterocycles. The Bertz CT molecular complexity index is 1040. The molecule has 5 nitrogen and oxygen atoms in total. The second-order valence-corrected chi connectivity index (χ2v) is 11.9. The normalized spacial score (nSPS) is 38.3. The van der Waals surface area contributed by atoms with Crippen LogP contribution in [0, 0.1) is 17.3 Å². The van der Waals surface area contributed by atoms with Gasteiger partial charge in [-0.05, 0) is 112 Å². The van der Waals surface area contributed by atoms with E-state index in [1.807, 2.05) is 32.3 Å². The van der Waals surface area contributed by atoms with Crippen LogP contribution < -0.4 is 16.8 Å². The Labute approximate surface area is 215 Å². The van der Waals surface area contributed by atoms with Crippen molar-refractivity contribution >= 4 is 28.9 Å². The molecule has 35 heavy (non-hydrogen) atoms. The number of aliphatic hydroxyl groups excluding tert-OH is 1. The number of fused-ring (bicyclic) bond motifs is 4. The highest BCUT2D eigenvalue weighted by atomic mass is 35.5. The number of nitrogen functional groups attached to an aromatic ring is 1. The van der Waals surface area contributed by atoms with Gasteiger partial charge in [0.1, 0.15) is 0 Å². The van der Waals surface area contributed by atoms with Gasteiger partial charge in [-0.25, -0.2) is 0 Å². The van der Waals surface area contributed by atoms with Crippen LogP contribution in [-0.4, -0.2) is 40.9 Å². The summed E-state index contributed by atoms with van der Waals surface area (Å²) < 4.78 is 0. The molecule has 2 saturated carbocycles. The molecule has 0 amide bonds. The zero-order valence-electron chi connectivity index (χ0n) is 21.4. The third kappa shape index (κ3) is 4.46. The van der Waals surface area contributed by atoms with Gasteiger partial charge in [-0.2, -0.15) is 0 Å². The Hall–Kier alpha value is -1.79. The first-order valence-corrected chi connectivity index (χ1v) is 13.4. The topological polar surface area (TPSA) is 105 Å². The minimum Gasteiger partial charge on any atom is -0.405 e. The van der Waals surface area contributed by atoms with Crippen LogP contribution in [0.25, 0.3) is 11.6 Å². The van der Waals surface area contributed by atoms with Gasteiger partial charge in [0.05, 0.1) is 16.6 Å². The fourth-order valence-corrected chi connectivity index (χ4v) is 7.70. The van der Waals surface area contributed by atoms with Crippen molar-refractivity contribution in [2.24, 2.45) is 23.0 Å². The number of allylic oxidation sites excluding steroid dienone is 2. The van der Waals surface area contributed by atoms with Crippen molar-refractivity contribution < 1.29 is 10.2 Å². The van der Waals surface area contributed by atoms with Crippen LogP contribution in [0.4, 0.5) is 5.69 Å². The van der Waals surface area contributed by atoms with Gasteiger partial charge in [-0.3, -0.25) is 0 Å². The molecule has 7 N–H and O–H groups in total. The Morgan fingerprint density at radius 2 is 1.89 bits per heavy atom. The molecule has 6 atom stereocenters. The highest BCUT2D eigenvalue weighted by Crippen LogP contribution is 2.65. The van der Waals surface area contributed by atoms with Gasteiger partial charge in [0, 0.05) is 11.6 Å². The van der Waals surface area contributed by atoms with Crippen LogP contribution >= 0.6 is 11.6 Å². The predicted octanol–water partition coefficient (Wildman–Crippen LogP) is 4.83. The van der Waals surface area contributed by atoms with Crippen LogP contribution in [-0.2, 0) is 0 Å². The summed E-state index contributed by atoms with van der Waals surface area (Å²) in [4.78, 5) is -0.767. The minimum atomic E-state index is -0.969. The summed E-state index contributed by atoms with van der Waals surface area (Å²) in [6.45, 7) is 2.30. The number of hydrogen-bond donors (Lipinski definition) is 5. The smallest absolute Gasteiger partial charge is 0.0918 e. The predicted molar refractivity (Wildman–Crippen MR) is 147 cm³/mol. The van der Waals surface area contributed by atoms with E-state index in [4.69, 9.17) is 23.1 Å². The Morgan fingerprint density at radius 1 is 1.14 bits per heavy atom. The average Bonchev–Trinajstić information content (AvgIpc) is 3.11. The lowest BCUT2D eigenvalue weighted by Crippen LogP contribution is -2.61. The first kappa shape index (κ1) is 26.3. The van der Waals surface area contributed by atoms with Crippen molar-refractivity contribution in [1.29, 1.82) is 0 Å². The lowest BCUT2D eigenvalue weighted by molar-refractivity contribution is -0.106. The molecule has 0 saturated heterocycles. The molecule has 0 spiro atoms. The maximum absolute atomic E-state index is 12.3. The Balaban J connectivity index is 0.000000917. The van der Waals surface area contributed by atoms with Gasteiger partial charge in [0.15, 0.2) is 0 Å². The molecule has 1 aromatic rings. The van der Waals surface area contributed by atoms with Crippen LogP contribution in [0.5, 0.6) is 0 Å². The van der Waals surface area contributed by atoms with Gasteiger partial charge in [-0.15, -0.1) is 11.6 Å². The van der Waals surface area contributed by atoms with E-state index < -0.39 is 10.5 Å². The van der Waals surface area contributed by atoms with E-state index in [2.05, 4.69) is 30.5 Å². The van der Waals surface area contributed by atoms with E-state index in [0.717, 1.165) is 49.7 Å². The molecule has 5 rings (SSSR count). The number of benzene rings is 1. The molecule has 192 valence electrons. The number of rotatable bonds is 2. The molecule has 2 fully saturated rings. The lowest BCUT2D eigenvalue weighted by Gasteiger charge is -2.56. The number of nitrogens with one attached hydrogen (secondary N) is 1. The first-order valence-electron chi connectivity index (χ1n) is 13.0. The van der Waals surface area contributed by atoms with Gasteiger partial charge < -0.3 is 27.0 Å². The van der Waals surface area contributed by atoms with Gasteiger partial charge >= 0.3 is 0 Å². The monoisotopic (exact) mass is 499 g/mol. The minimum absolute atomic E-state index is 0.0583. The van der Waals surface area contributed by atoms with Crippen molar-refractivity contribution in [3.05, 3.63) is 53.3 Å². The van der Waals surface area contributed by atoms with Crippen LogP contribution in [0.15, 0.2) is 42.1 Å². The molecule has 4 aliphatic carbocycles. The molecule has 4 aliphatic rings. The number of halogens is 1. The van der Waals surface area contributed by atoms with E-state index in [1.165, 1.54) is 17.3 Å². The third-order valence-corrected chi connectivity index (χ3v) is 9.68. The fourth-order valence-electron chi connectivity index (χ4n) is 7.23. The number of aliphatic hydroxyl groups is 2. The molecule has 5 unspecified atom stereocenters. The lowest BCUT2D eigenvalue weighted by atomic mass is 9.54. The van der Waals surface area contributed by atoms with E-state index in [9.17, 15) is 10.2 Å². The Kier molecular flexibility index (Phi) is 7.46. The molecular weight excluding hydrogens is 458 g/mol. The van der Waals surface area contributed by atoms with Crippen molar-refractivity contribution in [3.63, 3.8) is 0 Å². The summed E-state index contributed by atoms with van der Waals surface area (Å²) in [7, 11) is 3.75. The average molecular weight is 500 g/mol. The molecule has 0 aromatic heterocycles. The van der Waals surface area contributed by atoms with E-state index in [0.29, 0.717) is 24.4 Å². The molecule has 1 aromatic carbocycles. The number of nitrogens with two attached hydrogens (primary N) is 2. The van der Waals surface area contributed by atoms with Crippen molar-refractivity contribution in [2.45, 2.75) is 74.9 Å². The molecular formula is C29H42ClN3O2. The largest absolute Gasteiger partial charge is 0.405 e. The Morgan fingerprint density at radius 3 is 2.57 bits per heavy atom. The quantitative estimate of drug-likeness (QED) is 0.228. The number of alkyl halides is 1. The van der Waals surface area contributed by atoms with Crippen LogP contribution in [0.2, 0.25) is 0 Å². The summed E-state index contributed by atoms with van der Waals surface area (Å²) in [5, 5.41) is 25.3. The number of hydrogen-bond acceptors (Lipinski definition) is 5. The zero-order chi connectivity index (χ0) is 25.4. The zero-order valence-corrected chi connectivity index (χ0v) is 22.1. The first-order chi connectivity index (χ1) is 16.6. The van der Waals surface area contributed by atoms with Crippen LogP contribution in [0.3, 0.4) is 0 Å². The summed E-state index contributed by atoms with van der Waals surface area (Å²) in [5.41, 5.74) is 16.0. The van der Waals surface area contributed by atoms with E-state index in [1.54, 1.807) is 0 Å². The summed E-state index contributed by atoms with van der Waals surface area (Å²) >= 11 is 7.32. The maximum Gasteiger partial charge on any atom is 0.0918 e. The summed E-state index contributed by atoms with van der Waals surface area (Å²) in [6, 6.07) is 6.16. The van der Waals surface area contributed by atoms with Crippen molar-refractivity contribution in [3.8, 4) is 0 Å². The van der Waals surface area contributed by atoms with Gasteiger partial charge in [-0.1, -0.05) is 36.8 Å². The van der Waals surface area contributed by atoms with Crippen molar-refractivity contribution in [1.82, 2.24) is 5.32 Å². The maximum atomic E-state index is 12.3. The second-order valence-electron chi connectivity index (χ2n) is 11.2. The highest BCUT2D eigenvalue weighted by molar-refractivity contribution is 6.26.